The molecule has 0 spiro atoms. The van der Waals surface area contributed by atoms with Crippen LogP contribution in [0.25, 0.3) is 0 Å². The van der Waals surface area contributed by atoms with Gasteiger partial charge >= 0.3 is 0 Å². The fourth-order valence-corrected chi connectivity index (χ4v) is 3.61. The zero-order chi connectivity index (χ0) is 17.6. The molecular formula is C19H28N2O4. The van der Waals surface area contributed by atoms with Crippen molar-refractivity contribution in [1.82, 2.24) is 9.80 Å². The molecule has 0 aromatic heterocycles. The number of carbonyl (C=O) groups excluding carboxylic acids is 1. The number of likely N-dealkylation sites (tertiary alicyclic amines) is 1. The van der Waals surface area contributed by atoms with E-state index in [4.69, 9.17) is 14.2 Å². The second kappa shape index (κ2) is 8.65. The summed E-state index contributed by atoms with van der Waals surface area (Å²) in [5.41, 5.74) is 1.04. The molecule has 2 saturated heterocycles. The normalized spacial score (nSPS) is 24.5. The number of morpholine rings is 1. The van der Waals surface area contributed by atoms with Crippen LogP contribution in [0.5, 0.6) is 5.75 Å². The summed E-state index contributed by atoms with van der Waals surface area (Å²) in [6.45, 7) is 7.92. The average molecular weight is 348 g/mol. The summed E-state index contributed by atoms with van der Waals surface area (Å²) in [5.74, 6) is 1.39. The predicted octanol–water partition coefficient (Wildman–Crippen LogP) is 1.39. The first-order chi connectivity index (χ1) is 12.2. The van der Waals surface area contributed by atoms with Crippen molar-refractivity contribution in [3.8, 4) is 5.75 Å². The third-order valence-corrected chi connectivity index (χ3v) is 5.09. The number of hydrogen-bond donors (Lipinski definition) is 0. The first-order valence-corrected chi connectivity index (χ1v) is 8.97. The van der Waals surface area contributed by atoms with Crippen molar-refractivity contribution in [3.05, 3.63) is 29.8 Å². The molecule has 0 radical (unpaired) electrons. The van der Waals surface area contributed by atoms with Crippen LogP contribution in [0.4, 0.5) is 0 Å². The van der Waals surface area contributed by atoms with Crippen molar-refractivity contribution in [2.24, 2.45) is 5.92 Å². The SMILES string of the molecule is COc1ccc(COCC(=O)N2C[C@@H](C)[C@H](N3CCOCC3)C2)cc1. The first kappa shape index (κ1) is 18.2. The highest BCUT2D eigenvalue weighted by Gasteiger charge is 2.36. The summed E-state index contributed by atoms with van der Waals surface area (Å²) < 4.78 is 16.2. The van der Waals surface area contributed by atoms with Gasteiger partial charge in [-0.15, -0.1) is 0 Å². The molecule has 2 fully saturated rings. The second-order valence-corrected chi connectivity index (χ2v) is 6.83. The molecule has 3 rings (SSSR count). The molecule has 1 amide bonds. The van der Waals surface area contributed by atoms with E-state index >= 15 is 0 Å². The Kier molecular flexibility index (Phi) is 6.29. The molecule has 6 nitrogen and oxygen atoms in total. The lowest BCUT2D eigenvalue weighted by Crippen LogP contribution is -2.47. The molecule has 0 aliphatic carbocycles. The van der Waals surface area contributed by atoms with Crippen LogP contribution in [0, 0.1) is 5.92 Å². The van der Waals surface area contributed by atoms with E-state index < -0.39 is 0 Å². The van der Waals surface area contributed by atoms with E-state index in [2.05, 4.69) is 11.8 Å². The van der Waals surface area contributed by atoms with Gasteiger partial charge in [0.25, 0.3) is 0 Å². The van der Waals surface area contributed by atoms with Crippen LogP contribution in [-0.4, -0.2) is 74.9 Å². The van der Waals surface area contributed by atoms with Gasteiger partial charge in [-0.05, 0) is 23.6 Å². The molecule has 138 valence electrons. The number of nitrogens with zero attached hydrogens (tertiary/aromatic N) is 2. The second-order valence-electron chi connectivity index (χ2n) is 6.83. The van der Waals surface area contributed by atoms with Crippen LogP contribution in [0.1, 0.15) is 12.5 Å². The minimum absolute atomic E-state index is 0.0797. The van der Waals surface area contributed by atoms with E-state index in [9.17, 15) is 4.79 Å². The van der Waals surface area contributed by atoms with Gasteiger partial charge in [-0.2, -0.15) is 0 Å². The summed E-state index contributed by atoms with van der Waals surface area (Å²) in [6.07, 6.45) is 0. The van der Waals surface area contributed by atoms with Crippen LogP contribution in [0.15, 0.2) is 24.3 Å². The van der Waals surface area contributed by atoms with Crippen LogP contribution >= 0.6 is 0 Å². The minimum atomic E-state index is 0.0797. The van der Waals surface area contributed by atoms with Gasteiger partial charge in [0.2, 0.25) is 5.91 Å². The van der Waals surface area contributed by atoms with Gasteiger partial charge in [0, 0.05) is 32.2 Å². The highest BCUT2D eigenvalue weighted by Crippen LogP contribution is 2.23. The zero-order valence-corrected chi connectivity index (χ0v) is 15.1. The number of carbonyl (C=O) groups is 1. The molecule has 2 aliphatic rings. The summed E-state index contributed by atoms with van der Waals surface area (Å²) in [6, 6.07) is 8.14. The number of hydrogen-bond acceptors (Lipinski definition) is 5. The monoisotopic (exact) mass is 348 g/mol. The number of amides is 1. The molecule has 2 heterocycles. The molecular weight excluding hydrogens is 320 g/mol. The number of benzene rings is 1. The Hall–Kier alpha value is -1.63. The summed E-state index contributed by atoms with van der Waals surface area (Å²) in [7, 11) is 1.64. The van der Waals surface area contributed by atoms with Crippen LogP contribution < -0.4 is 4.74 Å². The quantitative estimate of drug-likeness (QED) is 0.778. The standard InChI is InChI=1S/C19H28N2O4/c1-15-11-21(12-18(15)20-7-9-24-10-8-20)19(22)14-25-13-16-3-5-17(23-2)6-4-16/h3-6,15,18H,7-14H2,1-2H3/t15-,18-/m1/s1. The minimum Gasteiger partial charge on any atom is -0.497 e. The van der Waals surface area contributed by atoms with E-state index in [1.165, 1.54) is 0 Å². The van der Waals surface area contributed by atoms with Crippen molar-refractivity contribution in [3.63, 3.8) is 0 Å². The zero-order valence-electron chi connectivity index (χ0n) is 15.1. The molecule has 0 unspecified atom stereocenters. The van der Waals surface area contributed by atoms with Crippen molar-refractivity contribution in [2.75, 3.05) is 53.1 Å². The third-order valence-electron chi connectivity index (χ3n) is 5.09. The Labute approximate surface area is 149 Å². The van der Waals surface area contributed by atoms with Gasteiger partial charge in [-0.25, -0.2) is 0 Å². The van der Waals surface area contributed by atoms with Crippen LogP contribution in [-0.2, 0) is 20.9 Å². The Balaban J connectivity index is 1.43. The maximum absolute atomic E-state index is 12.4. The lowest BCUT2D eigenvalue weighted by molar-refractivity contribution is -0.135. The lowest BCUT2D eigenvalue weighted by Gasteiger charge is -2.33. The smallest absolute Gasteiger partial charge is 0.248 e. The summed E-state index contributed by atoms with van der Waals surface area (Å²) >= 11 is 0. The number of rotatable bonds is 6. The van der Waals surface area contributed by atoms with Gasteiger partial charge in [0.05, 0.1) is 26.9 Å². The fourth-order valence-electron chi connectivity index (χ4n) is 3.61. The average Bonchev–Trinajstić information content (AvgIpc) is 3.05. The molecule has 6 heteroatoms. The van der Waals surface area contributed by atoms with Gasteiger partial charge in [-0.1, -0.05) is 19.1 Å². The van der Waals surface area contributed by atoms with Crippen LogP contribution in [0.2, 0.25) is 0 Å². The van der Waals surface area contributed by atoms with Crippen molar-refractivity contribution < 1.29 is 19.0 Å². The fraction of sp³-hybridized carbons (Fsp3) is 0.632. The van der Waals surface area contributed by atoms with E-state index in [1.54, 1.807) is 7.11 Å². The number of ether oxygens (including phenoxy) is 3. The Morgan fingerprint density at radius 2 is 1.92 bits per heavy atom. The highest BCUT2D eigenvalue weighted by molar-refractivity contribution is 5.77. The van der Waals surface area contributed by atoms with E-state index in [-0.39, 0.29) is 12.5 Å². The topological polar surface area (TPSA) is 51.2 Å². The Bertz CT molecular complexity index is 557. The van der Waals surface area contributed by atoms with Crippen LogP contribution in [0.3, 0.4) is 0 Å². The third kappa shape index (κ3) is 4.71. The van der Waals surface area contributed by atoms with Gasteiger partial charge < -0.3 is 19.1 Å². The molecule has 1 aromatic rings. The molecule has 1 aromatic carbocycles. The lowest BCUT2D eigenvalue weighted by atomic mass is 10.0. The van der Waals surface area contributed by atoms with Crippen molar-refractivity contribution in [2.45, 2.75) is 19.6 Å². The van der Waals surface area contributed by atoms with E-state index in [1.807, 2.05) is 29.2 Å². The van der Waals surface area contributed by atoms with Gasteiger partial charge in [-0.3, -0.25) is 9.69 Å². The molecule has 0 bridgehead atoms. The van der Waals surface area contributed by atoms with E-state index in [0.717, 1.165) is 50.7 Å². The highest BCUT2D eigenvalue weighted by atomic mass is 16.5. The molecule has 2 atom stereocenters. The number of methoxy groups -OCH3 is 1. The van der Waals surface area contributed by atoms with Gasteiger partial charge in [0.15, 0.2) is 0 Å². The van der Waals surface area contributed by atoms with Crippen molar-refractivity contribution >= 4 is 5.91 Å². The largest absolute Gasteiger partial charge is 0.497 e. The predicted molar refractivity (Wildman–Crippen MR) is 94.6 cm³/mol. The Morgan fingerprint density at radius 1 is 1.20 bits per heavy atom. The maximum atomic E-state index is 12.4. The first-order valence-electron chi connectivity index (χ1n) is 8.97. The van der Waals surface area contributed by atoms with Gasteiger partial charge in [0.1, 0.15) is 12.4 Å². The maximum Gasteiger partial charge on any atom is 0.248 e. The molecule has 2 aliphatic heterocycles. The molecule has 0 saturated carbocycles. The van der Waals surface area contributed by atoms with Crippen molar-refractivity contribution in [1.29, 1.82) is 0 Å². The molecule has 25 heavy (non-hydrogen) atoms. The molecule has 0 N–H and O–H groups in total. The summed E-state index contributed by atoms with van der Waals surface area (Å²) in [5, 5.41) is 0. The Morgan fingerprint density at radius 3 is 2.60 bits per heavy atom. The summed E-state index contributed by atoms with van der Waals surface area (Å²) in [4.78, 5) is 16.8. The van der Waals surface area contributed by atoms with E-state index in [0.29, 0.717) is 18.6 Å².